The highest BCUT2D eigenvalue weighted by Crippen LogP contribution is 2.22. The van der Waals surface area contributed by atoms with Crippen LogP contribution >= 0.6 is 11.6 Å². The normalized spacial score (nSPS) is 12.2. The van der Waals surface area contributed by atoms with Crippen molar-refractivity contribution in [1.29, 1.82) is 5.26 Å². The third-order valence-corrected chi connectivity index (χ3v) is 2.64. The Morgan fingerprint density at radius 1 is 1.35 bits per heavy atom. The molecule has 0 amide bonds. The molecule has 0 aromatic heterocycles. The number of nitrogens with one attached hydrogen (secondary N) is 1. The van der Waals surface area contributed by atoms with Crippen molar-refractivity contribution in [2.24, 2.45) is 0 Å². The lowest BCUT2D eigenvalue weighted by Crippen LogP contribution is -2.26. The first-order valence-electron chi connectivity index (χ1n) is 5.17. The summed E-state index contributed by atoms with van der Waals surface area (Å²) < 4.78 is 10.1. The maximum absolute atomic E-state index is 9.05. The molecule has 1 atom stereocenters. The van der Waals surface area contributed by atoms with Gasteiger partial charge in [0.2, 0.25) is 0 Å². The highest BCUT2D eigenvalue weighted by molar-refractivity contribution is 6.33. The maximum atomic E-state index is 9.05. The second kappa shape index (κ2) is 7.13. The minimum atomic E-state index is -0.417. The zero-order chi connectivity index (χ0) is 12.7. The molecular formula is C12H15ClN2O2. The van der Waals surface area contributed by atoms with Crippen LogP contribution in [0.1, 0.15) is 6.42 Å². The first-order valence-corrected chi connectivity index (χ1v) is 5.55. The van der Waals surface area contributed by atoms with Crippen molar-refractivity contribution < 1.29 is 9.47 Å². The Bertz CT molecular complexity index is 388. The lowest BCUT2D eigenvalue weighted by Gasteiger charge is -2.19. The molecule has 0 fully saturated rings. The number of benzene rings is 1. The number of nitrogens with zero attached hydrogens (tertiary/aromatic N) is 1. The SMILES string of the molecule is COC(CC(C#N)Nc1ccccc1Cl)OC. The van der Waals surface area contributed by atoms with E-state index in [1.807, 2.05) is 18.2 Å². The predicted octanol–water partition coefficient (Wildman–Crippen LogP) is 2.65. The highest BCUT2D eigenvalue weighted by atomic mass is 35.5. The van der Waals surface area contributed by atoms with E-state index in [0.717, 1.165) is 5.69 Å². The molecule has 1 unspecified atom stereocenters. The first-order chi connectivity index (χ1) is 8.21. The van der Waals surface area contributed by atoms with E-state index >= 15 is 0 Å². The average molecular weight is 255 g/mol. The lowest BCUT2D eigenvalue weighted by molar-refractivity contribution is -0.106. The van der Waals surface area contributed by atoms with Crippen molar-refractivity contribution in [2.45, 2.75) is 18.8 Å². The average Bonchev–Trinajstić information content (AvgIpc) is 2.36. The van der Waals surface area contributed by atoms with Gasteiger partial charge in [-0.3, -0.25) is 0 Å². The monoisotopic (exact) mass is 254 g/mol. The van der Waals surface area contributed by atoms with Gasteiger partial charge in [0.05, 0.1) is 16.8 Å². The number of rotatable bonds is 6. The van der Waals surface area contributed by atoms with Gasteiger partial charge in [-0.05, 0) is 12.1 Å². The Balaban J connectivity index is 2.65. The molecule has 0 heterocycles. The summed E-state index contributed by atoms with van der Waals surface area (Å²) in [6.07, 6.45) is 0.0176. The van der Waals surface area contributed by atoms with E-state index in [0.29, 0.717) is 11.4 Å². The Morgan fingerprint density at radius 2 is 2.00 bits per heavy atom. The molecule has 0 aliphatic rings. The molecule has 1 aromatic carbocycles. The first kappa shape index (κ1) is 13.8. The fraction of sp³-hybridized carbons (Fsp3) is 0.417. The van der Waals surface area contributed by atoms with Crippen LogP contribution in [0.2, 0.25) is 5.02 Å². The van der Waals surface area contributed by atoms with Gasteiger partial charge in [-0.2, -0.15) is 5.26 Å². The summed E-state index contributed by atoms with van der Waals surface area (Å²) in [7, 11) is 3.08. The summed E-state index contributed by atoms with van der Waals surface area (Å²) in [5.41, 5.74) is 0.728. The number of methoxy groups -OCH3 is 2. The molecule has 17 heavy (non-hydrogen) atoms. The molecule has 0 saturated carbocycles. The number of para-hydroxylation sites is 1. The number of nitriles is 1. The summed E-state index contributed by atoms with van der Waals surface area (Å²) in [6, 6.07) is 9.01. The number of ether oxygens (including phenoxy) is 2. The van der Waals surface area contributed by atoms with Gasteiger partial charge in [0.1, 0.15) is 6.04 Å². The minimum absolute atomic E-state index is 0.408. The summed E-state index contributed by atoms with van der Waals surface area (Å²) in [6.45, 7) is 0. The highest BCUT2D eigenvalue weighted by Gasteiger charge is 2.15. The molecule has 1 rings (SSSR count). The molecule has 0 radical (unpaired) electrons. The fourth-order valence-corrected chi connectivity index (χ4v) is 1.58. The molecule has 1 N–H and O–H groups in total. The van der Waals surface area contributed by atoms with Crippen molar-refractivity contribution in [2.75, 3.05) is 19.5 Å². The van der Waals surface area contributed by atoms with Crippen molar-refractivity contribution in [1.82, 2.24) is 0 Å². The van der Waals surface area contributed by atoms with Crippen LogP contribution in [0.4, 0.5) is 5.69 Å². The number of hydrogen-bond donors (Lipinski definition) is 1. The molecule has 1 aromatic rings. The van der Waals surface area contributed by atoms with Gasteiger partial charge in [0, 0.05) is 20.6 Å². The molecule has 0 bridgehead atoms. The van der Waals surface area contributed by atoms with Crippen LogP contribution in [-0.2, 0) is 9.47 Å². The van der Waals surface area contributed by atoms with Crippen LogP contribution < -0.4 is 5.32 Å². The molecule has 0 spiro atoms. The third-order valence-electron chi connectivity index (χ3n) is 2.31. The standard InChI is InChI=1S/C12H15ClN2O2/c1-16-12(17-2)7-9(8-14)15-11-6-4-3-5-10(11)13/h3-6,9,12,15H,7H2,1-2H3. The van der Waals surface area contributed by atoms with E-state index in [1.54, 1.807) is 6.07 Å². The van der Waals surface area contributed by atoms with E-state index in [2.05, 4.69) is 11.4 Å². The Hall–Kier alpha value is -1.28. The van der Waals surface area contributed by atoms with E-state index < -0.39 is 12.3 Å². The predicted molar refractivity (Wildman–Crippen MR) is 66.9 cm³/mol. The van der Waals surface area contributed by atoms with Gasteiger partial charge in [-0.25, -0.2) is 0 Å². The van der Waals surface area contributed by atoms with Gasteiger partial charge < -0.3 is 14.8 Å². The fourth-order valence-electron chi connectivity index (χ4n) is 1.39. The van der Waals surface area contributed by atoms with Crippen molar-refractivity contribution in [3.05, 3.63) is 29.3 Å². The second-order valence-electron chi connectivity index (χ2n) is 3.44. The van der Waals surface area contributed by atoms with Gasteiger partial charge in [-0.15, -0.1) is 0 Å². The van der Waals surface area contributed by atoms with Crippen molar-refractivity contribution in [3.8, 4) is 6.07 Å². The Kier molecular flexibility index (Phi) is 5.78. The zero-order valence-electron chi connectivity index (χ0n) is 9.81. The topological polar surface area (TPSA) is 54.3 Å². The van der Waals surface area contributed by atoms with Gasteiger partial charge in [-0.1, -0.05) is 23.7 Å². The quantitative estimate of drug-likeness (QED) is 0.793. The number of hydrogen-bond acceptors (Lipinski definition) is 4. The maximum Gasteiger partial charge on any atom is 0.159 e. The van der Waals surface area contributed by atoms with E-state index in [4.69, 9.17) is 26.3 Å². The Morgan fingerprint density at radius 3 is 2.53 bits per heavy atom. The van der Waals surface area contributed by atoms with Crippen LogP contribution in [-0.4, -0.2) is 26.6 Å². The van der Waals surface area contributed by atoms with Crippen molar-refractivity contribution >= 4 is 17.3 Å². The Labute approximate surface area is 106 Å². The van der Waals surface area contributed by atoms with Crippen LogP contribution in [0.5, 0.6) is 0 Å². The van der Waals surface area contributed by atoms with E-state index in [9.17, 15) is 0 Å². The molecule has 0 saturated heterocycles. The van der Waals surface area contributed by atoms with E-state index in [1.165, 1.54) is 14.2 Å². The summed E-state index contributed by atoms with van der Waals surface area (Å²) in [4.78, 5) is 0. The van der Waals surface area contributed by atoms with Crippen LogP contribution in [0.15, 0.2) is 24.3 Å². The smallest absolute Gasteiger partial charge is 0.159 e. The zero-order valence-corrected chi connectivity index (χ0v) is 10.6. The van der Waals surface area contributed by atoms with Gasteiger partial charge >= 0.3 is 0 Å². The summed E-state index contributed by atoms with van der Waals surface area (Å²) in [5.74, 6) is 0. The number of anilines is 1. The summed E-state index contributed by atoms with van der Waals surface area (Å²) in [5, 5.41) is 12.7. The second-order valence-corrected chi connectivity index (χ2v) is 3.85. The largest absolute Gasteiger partial charge is 0.368 e. The van der Waals surface area contributed by atoms with Gasteiger partial charge in [0.25, 0.3) is 0 Å². The van der Waals surface area contributed by atoms with Crippen LogP contribution in [0.25, 0.3) is 0 Å². The molecule has 0 aliphatic carbocycles. The van der Waals surface area contributed by atoms with Crippen LogP contribution in [0, 0.1) is 11.3 Å². The summed E-state index contributed by atoms with van der Waals surface area (Å²) >= 11 is 6.00. The lowest BCUT2D eigenvalue weighted by atomic mass is 10.2. The van der Waals surface area contributed by atoms with Crippen LogP contribution in [0.3, 0.4) is 0 Å². The molecular weight excluding hydrogens is 240 g/mol. The molecule has 5 heteroatoms. The molecule has 4 nitrogen and oxygen atoms in total. The number of halogens is 1. The third kappa shape index (κ3) is 4.23. The minimum Gasteiger partial charge on any atom is -0.368 e. The molecule has 0 aliphatic heterocycles. The molecule has 92 valence electrons. The van der Waals surface area contributed by atoms with E-state index in [-0.39, 0.29) is 0 Å². The van der Waals surface area contributed by atoms with Gasteiger partial charge in [0.15, 0.2) is 6.29 Å². The van der Waals surface area contributed by atoms with Crippen molar-refractivity contribution in [3.63, 3.8) is 0 Å².